The van der Waals surface area contributed by atoms with E-state index in [-0.39, 0.29) is 10.8 Å². The number of benzene rings is 6. The minimum absolute atomic E-state index is 0.0509. The Labute approximate surface area is 212 Å². The molecular formula is C36H28. The van der Waals surface area contributed by atoms with Gasteiger partial charge in [0.2, 0.25) is 0 Å². The molecule has 0 saturated heterocycles. The smallest absolute Gasteiger partial charge is 0.0165 e. The highest BCUT2D eigenvalue weighted by Gasteiger charge is 2.41. The van der Waals surface area contributed by atoms with Gasteiger partial charge in [0.05, 0.1) is 0 Å². The maximum atomic E-state index is 2.41. The lowest BCUT2D eigenvalue weighted by atomic mass is 9.76. The van der Waals surface area contributed by atoms with E-state index in [2.05, 4.69) is 125 Å². The summed E-state index contributed by atoms with van der Waals surface area (Å²) < 4.78 is 0. The summed E-state index contributed by atoms with van der Waals surface area (Å²) in [5, 5.41) is 8.17. The molecule has 6 aromatic rings. The van der Waals surface area contributed by atoms with Crippen molar-refractivity contribution in [2.24, 2.45) is 0 Å². The highest BCUT2D eigenvalue weighted by atomic mass is 14.4. The van der Waals surface area contributed by atoms with E-state index >= 15 is 0 Å². The van der Waals surface area contributed by atoms with Crippen LogP contribution in [0.15, 0.2) is 97.1 Å². The van der Waals surface area contributed by atoms with Crippen LogP contribution in [0.5, 0.6) is 0 Å². The zero-order valence-electron chi connectivity index (χ0n) is 21.2. The zero-order valence-corrected chi connectivity index (χ0v) is 21.2. The second-order valence-corrected chi connectivity index (χ2v) is 11.7. The lowest BCUT2D eigenvalue weighted by Crippen LogP contribution is -2.17. The molecule has 0 unspecified atom stereocenters. The lowest BCUT2D eigenvalue weighted by molar-refractivity contribution is 0.662. The first-order valence-electron chi connectivity index (χ1n) is 13.0. The first-order chi connectivity index (χ1) is 17.4. The Balaban J connectivity index is 1.49. The van der Waals surface area contributed by atoms with E-state index in [1.807, 2.05) is 0 Å². The van der Waals surface area contributed by atoms with E-state index < -0.39 is 0 Å². The van der Waals surface area contributed by atoms with Crippen molar-refractivity contribution in [3.05, 3.63) is 119 Å². The fraction of sp³-hybridized carbons (Fsp3) is 0.167. The maximum Gasteiger partial charge on any atom is 0.0165 e. The van der Waals surface area contributed by atoms with Crippen molar-refractivity contribution in [3.63, 3.8) is 0 Å². The van der Waals surface area contributed by atoms with Gasteiger partial charge >= 0.3 is 0 Å². The predicted molar refractivity (Wildman–Crippen MR) is 154 cm³/mol. The van der Waals surface area contributed by atoms with E-state index in [4.69, 9.17) is 0 Å². The Morgan fingerprint density at radius 1 is 0.389 bits per heavy atom. The Bertz CT molecular complexity index is 1790. The van der Waals surface area contributed by atoms with E-state index in [0.29, 0.717) is 0 Å². The summed E-state index contributed by atoms with van der Waals surface area (Å²) in [7, 11) is 0. The van der Waals surface area contributed by atoms with E-state index in [1.165, 1.54) is 76.8 Å². The van der Waals surface area contributed by atoms with Gasteiger partial charge in [-0.25, -0.2) is 0 Å². The van der Waals surface area contributed by atoms with E-state index in [9.17, 15) is 0 Å². The number of hydrogen-bond donors (Lipinski definition) is 0. The normalized spacial score (nSPS) is 16.2. The van der Waals surface area contributed by atoms with Gasteiger partial charge in [0, 0.05) is 10.8 Å². The molecule has 8 rings (SSSR count). The molecule has 0 heteroatoms. The topological polar surface area (TPSA) is 0 Å². The molecule has 0 nitrogen and oxygen atoms in total. The SMILES string of the molecule is CC1(C)c2ccc3ccccc3c2-c2ccc3c4c(ccc3c21)-c1c(ccc2ccccc12)C4(C)C. The number of hydrogen-bond acceptors (Lipinski definition) is 0. The minimum atomic E-state index is -0.0509. The lowest BCUT2D eigenvalue weighted by Gasteiger charge is -2.26. The van der Waals surface area contributed by atoms with Crippen LogP contribution in [0.25, 0.3) is 54.6 Å². The van der Waals surface area contributed by atoms with Crippen LogP contribution in [0.2, 0.25) is 0 Å². The van der Waals surface area contributed by atoms with Crippen LogP contribution >= 0.6 is 0 Å². The standard InChI is InChI=1S/C36H28/c1-35(2)29-19-13-21-9-5-7-11-23(21)31(29)27-17-16-26-25(33(27)35)15-18-28-32-24-12-8-6-10-22(24)14-20-30(32)36(3,4)34(26)28/h5-20H,1-4H3. The van der Waals surface area contributed by atoms with Crippen molar-refractivity contribution in [2.75, 3.05) is 0 Å². The maximum absolute atomic E-state index is 2.41. The molecule has 2 aliphatic rings. The fourth-order valence-corrected chi connectivity index (χ4v) is 7.60. The first kappa shape index (κ1) is 20.3. The molecule has 0 saturated carbocycles. The summed E-state index contributed by atoms with van der Waals surface area (Å²) in [6.45, 7) is 9.64. The molecule has 0 aromatic heterocycles. The largest absolute Gasteiger partial charge is 0.0616 e. The molecule has 172 valence electrons. The summed E-state index contributed by atoms with van der Waals surface area (Å²) in [6, 6.07) is 36.6. The second-order valence-electron chi connectivity index (χ2n) is 11.7. The summed E-state index contributed by atoms with van der Waals surface area (Å²) in [5.74, 6) is 0. The first-order valence-corrected chi connectivity index (χ1v) is 13.0. The molecule has 0 N–H and O–H groups in total. The molecule has 6 aromatic carbocycles. The van der Waals surface area contributed by atoms with E-state index in [0.717, 1.165) is 0 Å². The average molecular weight is 461 g/mol. The van der Waals surface area contributed by atoms with Crippen LogP contribution < -0.4 is 0 Å². The van der Waals surface area contributed by atoms with Gasteiger partial charge in [-0.3, -0.25) is 0 Å². The Morgan fingerprint density at radius 2 is 0.806 bits per heavy atom. The molecular weight excluding hydrogens is 432 g/mol. The number of fused-ring (bicyclic) bond motifs is 13. The van der Waals surface area contributed by atoms with Crippen molar-refractivity contribution < 1.29 is 0 Å². The average Bonchev–Trinajstić information content (AvgIpc) is 3.28. The van der Waals surface area contributed by atoms with Gasteiger partial charge in [-0.1, -0.05) is 125 Å². The van der Waals surface area contributed by atoms with Gasteiger partial charge in [-0.05, 0) is 76.8 Å². The molecule has 0 atom stereocenters. The van der Waals surface area contributed by atoms with Crippen molar-refractivity contribution >= 4 is 32.3 Å². The van der Waals surface area contributed by atoms with Gasteiger partial charge in [-0.15, -0.1) is 0 Å². The molecule has 0 amide bonds. The van der Waals surface area contributed by atoms with Crippen LogP contribution in [0.4, 0.5) is 0 Å². The Morgan fingerprint density at radius 3 is 1.25 bits per heavy atom. The minimum Gasteiger partial charge on any atom is -0.0616 e. The fourth-order valence-electron chi connectivity index (χ4n) is 7.60. The monoisotopic (exact) mass is 460 g/mol. The van der Waals surface area contributed by atoms with Crippen LogP contribution in [0.3, 0.4) is 0 Å². The highest BCUT2D eigenvalue weighted by Crippen LogP contribution is 2.58. The third-order valence-corrected chi connectivity index (χ3v) is 9.19. The van der Waals surface area contributed by atoms with Crippen molar-refractivity contribution in [1.82, 2.24) is 0 Å². The Kier molecular flexibility index (Phi) is 3.64. The second kappa shape index (κ2) is 6.45. The third-order valence-electron chi connectivity index (χ3n) is 9.19. The molecule has 0 radical (unpaired) electrons. The van der Waals surface area contributed by atoms with Crippen LogP contribution in [-0.2, 0) is 10.8 Å². The van der Waals surface area contributed by atoms with Crippen LogP contribution in [-0.4, -0.2) is 0 Å². The van der Waals surface area contributed by atoms with Crippen molar-refractivity contribution in [1.29, 1.82) is 0 Å². The number of rotatable bonds is 0. The quantitative estimate of drug-likeness (QED) is 0.212. The third kappa shape index (κ3) is 2.26. The van der Waals surface area contributed by atoms with E-state index in [1.54, 1.807) is 0 Å². The molecule has 0 heterocycles. The summed E-state index contributed by atoms with van der Waals surface area (Å²) >= 11 is 0. The predicted octanol–water partition coefficient (Wildman–Crippen LogP) is 9.76. The summed E-state index contributed by atoms with van der Waals surface area (Å²) in [5.41, 5.74) is 11.4. The molecule has 0 spiro atoms. The van der Waals surface area contributed by atoms with Gasteiger partial charge in [0.15, 0.2) is 0 Å². The van der Waals surface area contributed by atoms with Crippen LogP contribution in [0, 0.1) is 0 Å². The molecule has 36 heavy (non-hydrogen) atoms. The van der Waals surface area contributed by atoms with Gasteiger partial charge in [0.25, 0.3) is 0 Å². The molecule has 2 aliphatic carbocycles. The van der Waals surface area contributed by atoms with Gasteiger partial charge in [0.1, 0.15) is 0 Å². The summed E-state index contributed by atoms with van der Waals surface area (Å²) in [4.78, 5) is 0. The van der Waals surface area contributed by atoms with Crippen LogP contribution in [0.1, 0.15) is 49.9 Å². The van der Waals surface area contributed by atoms with Crippen molar-refractivity contribution in [3.8, 4) is 22.3 Å². The van der Waals surface area contributed by atoms with Gasteiger partial charge in [-0.2, -0.15) is 0 Å². The molecule has 0 fully saturated rings. The van der Waals surface area contributed by atoms with Gasteiger partial charge < -0.3 is 0 Å². The zero-order chi connectivity index (χ0) is 24.4. The Hall–Kier alpha value is -3.90. The molecule has 0 bridgehead atoms. The molecule has 0 aliphatic heterocycles. The highest BCUT2D eigenvalue weighted by molar-refractivity contribution is 6.11. The van der Waals surface area contributed by atoms with Crippen molar-refractivity contribution in [2.45, 2.75) is 38.5 Å². The summed E-state index contributed by atoms with van der Waals surface area (Å²) in [6.07, 6.45) is 0.